The summed E-state index contributed by atoms with van der Waals surface area (Å²) in [6, 6.07) is 16.5. The smallest absolute Gasteiger partial charge is 0.220 e. The van der Waals surface area contributed by atoms with Crippen molar-refractivity contribution in [2.75, 3.05) is 13.2 Å². The monoisotopic (exact) mass is 325 g/mol. The number of nitrogens with one attached hydrogen (secondary N) is 1. The Kier molecular flexibility index (Phi) is 7.34. The van der Waals surface area contributed by atoms with Crippen LogP contribution < -0.4 is 10.1 Å². The summed E-state index contributed by atoms with van der Waals surface area (Å²) in [5.74, 6) is 0.964. The molecular formula is C21H27NO2. The molecule has 1 N–H and O–H groups in total. The van der Waals surface area contributed by atoms with Gasteiger partial charge < -0.3 is 10.1 Å². The van der Waals surface area contributed by atoms with Gasteiger partial charge in [0.05, 0.1) is 6.61 Å². The molecule has 0 atom stereocenters. The molecule has 0 bridgehead atoms. The summed E-state index contributed by atoms with van der Waals surface area (Å²) in [4.78, 5) is 11.8. The van der Waals surface area contributed by atoms with E-state index in [1.807, 2.05) is 31.2 Å². The maximum absolute atomic E-state index is 11.8. The molecule has 0 saturated heterocycles. The number of hydrogen-bond acceptors (Lipinski definition) is 2. The highest BCUT2D eigenvalue weighted by Crippen LogP contribution is 2.11. The molecular weight excluding hydrogens is 298 g/mol. The average molecular weight is 325 g/mol. The molecule has 3 heteroatoms. The van der Waals surface area contributed by atoms with Crippen molar-refractivity contribution in [3.8, 4) is 5.75 Å². The lowest BCUT2D eigenvalue weighted by Crippen LogP contribution is -2.24. The number of carbonyl (C=O) groups is 1. The molecule has 1 amide bonds. The van der Waals surface area contributed by atoms with Gasteiger partial charge in [-0.15, -0.1) is 0 Å². The molecule has 0 fully saturated rings. The van der Waals surface area contributed by atoms with Crippen molar-refractivity contribution in [2.24, 2.45) is 0 Å². The van der Waals surface area contributed by atoms with Crippen molar-refractivity contribution in [1.82, 2.24) is 5.32 Å². The molecule has 2 aromatic carbocycles. The zero-order chi connectivity index (χ0) is 17.2. The molecule has 0 radical (unpaired) electrons. The minimum absolute atomic E-state index is 0.103. The van der Waals surface area contributed by atoms with Gasteiger partial charge in [-0.05, 0) is 50.8 Å². The van der Waals surface area contributed by atoms with Crippen LogP contribution in [0.4, 0.5) is 0 Å². The van der Waals surface area contributed by atoms with E-state index in [1.165, 1.54) is 16.7 Å². The number of aryl methyl sites for hydroxylation is 3. The van der Waals surface area contributed by atoms with Crippen LogP contribution in [0.15, 0.2) is 48.5 Å². The standard InChI is InChI=1S/C21H27NO2/c1-17-10-12-20(13-11-17)24-15-5-9-21(23)22-14-4-8-19-7-3-6-18(2)16-19/h3,6-7,10-13,16H,4-5,8-9,14-15H2,1-2H3,(H,22,23). The van der Waals surface area contributed by atoms with Crippen LogP contribution in [0.5, 0.6) is 5.75 Å². The highest BCUT2D eigenvalue weighted by atomic mass is 16.5. The molecule has 0 heterocycles. The Bertz CT molecular complexity index is 635. The zero-order valence-electron chi connectivity index (χ0n) is 14.7. The third kappa shape index (κ3) is 6.86. The van der Waals surface area contributed by atoms with Crippen molar-refractivity contribution >= 4 is 5.91 Å². The first kappa shape index (κ1) is 18.1. The van der Waals surface area contributed by atoms with Crippen molar-refractivity contribution in [3.63, 3.8) is 0 Å². The van der Waals surface area contributed by atoms with Crippen LogP contribution in [-0.4, -0.2) is 19.1 Å². The fourth-order valence-electron chi connectivity index (χ4n) is 2.53. The second kappa shape index (κ2) is 9.76. The molecule has 0 aromatic heterocycles. The van der Waals surface area contributed by atoms with Crippen LogP contribution in [0.1, 0.15) is 36.0 Å². The van der Waals surface area contributed by atoms with Gasteiger partial charge in [-0.1, -0.05) is 47.5 Å². The van der Waals surface area contributed by atoms with E-state index in [2.05, 4.69) is 36.5 Å². The SMILES string of the molecule is Cc1ccc(OCCCC(=O)NCCCc2cccc(C)c2)cc1. The Labute approximate surface area is 145 Å². The Morgan fingerprint density at radius 2 is 1.79 bits per heavy atom. The van der Waals surface area contributed by atoms with E-state index in [4.69, 9.17) is 4.74 Å². The molecule has 0 spiro atoms. The first-order chi connectivity index (χ1) is 11.6. The molecule has 0 saturated carbocycles. The summed E-state index contributed by atoms with van der Waals surface area (Å²) in [5.41, 5.74) is 3.83. The third-order valence-electron chi connectivity index (χ3n) is 3.88. The minimum Gasteiger partial charge on any atom is -0.494 e. The van der Waals surface area contributed by atoms with E-state index in [0.29, 0.717) is 13.0 Å². The van der Waals surface area contributed by atoms with Gasteiger partial charge >= 0.3 is 0 Å². The summed E-state index contributed by atoms with van der Waals surface area (Å²) in [7, 11) is 0. The molecule has 0 unspecified atom stereocenters. The average Bonchev–Trinajstić information content (AvgIpc) is 2.57. The van der Waals surface area contributed by atoms with Crippen molar-refractivity contribution in [2.45, 2.75) is 39.5 Å². The first-order valence-electron chi connectivity index (χ1n) is 8.65. The van der Waals surface area contributed by atoms with E-state index in [1.54, 1.807) is 0 Å². The number of hydrogen-bond donors (Lipinski definition) is 1. The lowest BCUT2D eigenvalue weighted by molar-refractivity contribution is -0.121. The van der Waals surface area contributed by atoms with Gasteiger partial charge in [-0.2, -0.15) is 0 Å². The second-order valence-electron chi connectivity index (χ2n) is 6.21. The molecule has 2 rings (SSSR count). The highest BCUT2D eigenvalue weighted by Gasteiger charge is 2.01. The topological polar surface area (TPSA) is 38.3 Å². The third-order valence-corrected chi connectivity index (χ3v) is 3.88. The molecule has 3 nitrogen and oxygen atoms in total. The van der Waals surface area contributed by atoms with Gasteiger partial charge in [0.15, 0.2) is 0 Å². The van der Waals surface area contributed by atoms with Crippen LogP contribution in [0.25, 0.3) is 0 Å². The Morgan fingerprint density at radius 3 is 2.54 bits per heavy atom. The van der Waals surface area contributed by atoms with E-state index >= 15 is 0 Å². The van der Waals surface area contributed by atoms with E-state index in [-0.39, 0.29) is 5.91 Å². The lowest BCUT2D eigenvalue weighted by Gasteiger charge is -2.08. The zero-order valence-corrected chi connectivity index (χ0v) is 14.7. The Morgan fingerprint density at radius 1 is 1.00 bits per heavy atom. The van der Waals surface area contributed by atoms with Gasteiger partial charge in [0.25, 0.3) is 0 Å². The van der Waals surface area contributed by atoms with E-state index < -0.39 is 0 Å². The first-order valence-corrected chi connectivity index (χ1v) is 8.65. The number of benzene rings is 2. The molecule has 128 valence electrons. The Hall–Kier alpha value is -2.29. The minimum atomic E-state index is 0.103. The lowest BCUT2D eigenvalue weighted by atomic mass is 10.1. The maximum atomic E-state index is 11.8. The van der Waals surface area contributed by atoms with Crippen LogP contribution in [0.2, 0.25) is 0 Å². The molecule has 0 aliphatic heterocycles. The fourth-order valence-corrected chi connectivity index (χ4v) is 2.53. The predicted molar refractivity (Wildman–Crippen MR) is 98.4 cm³/mol. The van der Waals surface area contributed by atoms with Gasteiger partial charge in [0.2, 0.25) is 5.91 Å². The fraction of sp³-hybridized carbons (Fsp3) is 0.381. The van der Waals surface area contributed by atoms with E-state index in [0.717, 1.165) is 31.6 Å². The maximum Gasteiger partial charge on any atom is 0.220 e. The number of amides is 1. The summed E-state index contributed by atoms with van der Waals surface area (Å²) in [5, 5.41) is 2.98. The van der Waals surface area contributed by atoms with Crippen LogP contribution in [-0.2, 0) is 11.2 Å². The Balaban J connectivity index is 1.53. The molecule has 0 aliphatic rings. The summed E-state index contributed by atoms with van der Waals surface area (Å²) < 4.78 is 5.63. The van der Waals surface area contributed by atoms with E-state index in [9.17, 15) is 4.79 Å². The summed E-state index contributed by atoms with van der Waals surface area (Å²) >= 11 is 0. The predicted octanol–water partition coefficient (Wildman–Crippen LogP) is 4.21. The molecule has 24 heavy (non-hydrogen) atoms. The normalized spacial score (nSPS) is 10.4. The second-order valence-corrected chi connectivity index (χ2v) is 6.21. The number of ether oxygens (including phenoxy) is 1. The van der Waals surface area contributed by atoms with Crippen molar-refractivity contribution in [3.05, 3.63) is 65.2 Å². The van der Waals surface area contributed by atoms with Gasteiger partial charge in [0.1, 0.15) is 5.75 Å². The quantitative estimate of drug-likeness (QED) is 0.701. The summed E-state index contributed by atoms with van der Waals surface area (Å²) in [6.45, 7) is 5.45. The highest BCUT2D eigenvalue weighted by molar-refractivity contribution is 5.75. The van der Waals surface area contributed by atoms with Gasteiger partial charge in [-0.3, -0.25) is 4.79 Å². The van der Waals surface area contributed by atoms with Crippen LogP contribution >= 0.6 is 0 Å². The van der Waals surface area contributed by atoms with Crippen molar-refractivity contribution in [1.29, 1.82) is 0 Å². The van der Waals surface area contributed by atoms with Crippen LogP contribution in [0.3, 0.4) is 0 Å². The molecule has 2 aromatic rings. The van der Waals surface area contributed by atoms with Gasteiger partial charge in [-0.25, -0.2) is 0 Å². The number of carbonyl (C=O) groups excluding carboxylic acids is 1. The van der Waals surface area contributed by atoms with Crippen LogP contribution in [0, 0.1) is 13.8 Å². The van der Waals surface area contributed by atoms with Gasteiger partial charge in [0, 0.05) is 13.0 Å². The largest absolute Gasteiger partial charge is 0.494 e. The number of rotatable bonds is 9. The van der Waals surface area contributed by atoms with Crippen molar-refractivity contribution < 1.29 is 9.53 Å². The molecule has 0 aliphatic carbocycles. The summed E-state index contributed by atoms with van der Waals surface area (Å²) in [6.07, 6.45) is 3.21.